The summed E-state index contributed by atoms with van der Waals surface area (Å²) in [6.07, 6.45) is 10.5. The molecule has 3 heteroatoms. The molecule has 2 N–H and O–H groups in total. The summed E-state index contributed by atoms with van der Waals surface area (Å²) in [5.41, 5.74) is 7.06. The van der Waals surface area contributed by atoms with Crippen molar-refractivity contribution in [3.8, 4) is 0 Å². The summed E-state index contributed by atoms with van der Waals surface area (Å²) in [7, 11) is 0. The monoisotopic (exact) mass is 245 g/mol. The third-order valence-electron chi connectivity index (χ3n) is 4.64. The van der Waals surface area contributed by atoms with Crippen molar-refractivity contribution in [3.63, 3.8) is 0 Å². The summed E-state index contributed by atoms with van der Waals surface area (Å²) in [4.78, 5) is 6.93. The maximum Gasteiger partial charge on any atom is 0.0312 e. The van der Waals surface area contributed by atoms with Crippen LogP contribution >= 0.6 is 0 Å². The largest absolute Gasteiger partial charge is 0.330 e. The normalized spacial score (nSPS) is 31.7. The number of fused-ring (bicyclic) bond motifs is 2. The van der Waals surface area contributed by atoms with Gasteiger partial charge in [-0.3, -0.25) is 9.88 Å². The highest BCUT2D eigenvalue weighted by molar-refractivity contribution is 5.10. The van der Waals surface area contributed by atoms with Gasteiger partial charge in [0.1, 0.15) is 0 Å². The molecular formula is C15H23N3. The predicted molar refractivity (Wildman–Crippen MR) is 73.0 cm³/mol. The quantitative estimate of drug-likeness (QED) is 0.884. The summed E-state index contributed by atoms with van der Waals surface area (Å²) in [5.74, 6) is 0.873. The van der Waals surface area contributed by atoms with Gasteiger partial charge in [0.05, 0.1) is 0 Å². The highest BCUT2D eigenvalue weighted by Crippen LogP contribution is 2.40. The van der Waals surface area contributed by atoms with Crippen LogP contribution in [0.3, 0.4) is 0 Å². The van der Waals surface area contributed by atoms with Gasteiger partial charge in [-0.1, -0.05) is 6.07 Å². The lowest BCUT2D eigenvalue weighted by molar-refractivity contribution is 0.0937. The molecule has 98 valence electrons. The van der Waals surface area contributed by atoms with Crippen molar-refractivity contribution in [1.82, 2.24) is 9.88 Å². The van der Waals surface area contributed by atoms with Crippen LogP contribution in [0.5, 0.6) is 0 Å². The topological polar surface area (TPSA) is 42.1 Å². The van der Waals surface area contributed by atoms with Crippen LogP contribution in [-0.2, 0) is 6.54 Å². The Hall–Kier alpha value is -0.930. The van der Waals surface area contributed by atoms with E-state index in [1.54, 1.807) is 0 Å². The van der Waals surface area contributed by atoms with E-state index in [2.05, 4.69) is 16.0 Å². The van der Waals surface area contributed by atoms with Gasteiger partial charge >= 0.3 is 0 Å². The highest BCUT2D eigenvalue weighted by Gasteiger charge is 2.39. The van der Waals surface area contributed by atoms with Crippen LogP contribution in [0.4, 0.5) is 0 Å². The highest BCUT2D eigenvalue weighted by atomic mass is 15.2. The second-order valence-corrected chi connectivity index (χ2v) is 5.83. The Bertz CT molecular complexity index is 365. The van der Waals surface area contributed by atoms with E-state index in [-0.39, 0.29) is 0 Å². The van der Waals surface area contributed by atoms with Gasteiger partial charge in [-0.25, -0.2) is 0 Å². The molecule has 18 heavy (non-hydrogen) atoms. The average molecular weight is 245 g/mol. The zero-order valence-electron chi connectivity index (χ0n) is 11.0. The third kappa shape index (κ3) is 2.43. The molecule has 2 unspecified atom stereocenters. The van der Waals surface area contributed by atoms with E-state index >= 15 is 0 Å². The number of nitrogens with two attached hydrogens (primary N) is 1. The van der Waals surface area contributed by atoms with Gasteiger partial charge in [-0.2, -0.15) is 0 Å². The lowest BCUT2D eigenvalue weighted by atomic mass is 9.88. The van der Waals surface area contributed by atoms with E-state index in [0.29, 0.717) is 0 Å². The maximum atomic E-state index is 5.71. The van der Waals surface area contributed by atoms with Crippen molar-refractivity contribution in [2.75, 3.05) is 6.54 Å². The lowest BCUT2D eigenvalue weighted by Crippen LogP contribution is -2.42. The van der Waals surface area contributed by atoms with Crippen LogP contribution in [-0.4, -0.2) is 28.5 Å². The summed E-state index contributed by atoms with van der Waals surface area (Å²) in [6.45, 7) is 1.94. The molecule has 3 nitrogen and oxygen atoms in total. The van der Waals surface area contributed by atoms with Crippen LogP contribution in [0.2, 0.25) is 0 Å². The number of hydrogen-bond acceptors (Lipinski definition) is 3. The van der Waals surface area contributed by atoms with Crippen molar-refractivity contribution >= 4 is 0 Å². The first-order chi connectivity index (χ1) is 8.86. The number of rotatable bonds is 4. The first-order valence-corrected chi connectivity index (χ1v) is 7.21. The fourth-order valence-electron chi connectivity index (χ4n) is 3.82. The fourth-order valence-corrected chi connectivity index (χ4v) is 3.82. The predicted octanol–water partition coefficient (Wildman–Crippen LogP) is 2.17. The van der Waals surface area contributed by atoms with Crippen molar-refractivity contribution < 1.29 is 0 Å². The number of piperidine rings is 1. The molecule has 3 rings (SSSR count). The van der Waals surface area contributed by atoms with E-state index in [4.69, 9.17) is 5.73 Å². The van der Waals surface area contributed by atoms with Gasteiger partial charge in [-0.15, -0.1) is 0 Å². The van der Waals surface area contributed by atoms with Crippen LogP contribution in [0.25, 0.3) is 0 Å². The Balaban J connectivity index is 1.65. The van der Waals surface area contributed by atoms with Gasteiger partial charge in [0.25, 0.3) is 0 Å². The SMILES string of the molecule is NCCC1CC2CCC(C1)N2Cc1cccnc1. The molecule has 0 aliphatic carbocycles. The van der Waals surface area contributed by atoms with E-state index in [1.807, 2.05) is 18.5 Å². The Kier molecular flexibility index (Phi) is 3.62. The van der Waals surface area contributed by atoms with E-state index < -0.39 is 0 Å². The molecule has 2 atom stereocenters. The Morgan fingerprint density at radius 3 is 2.67 bits per heavy atom. The number of hydrogen-bond donors (Lipinski definition) is 1. The van der Waals surface area contributed by atoms with Gasteiger partial charge in [0.2, 0.25) is 0 Å². The third-order valence-corrected chi connectivity index (χ3v) is 4.64. The van der Waals surface area contributed by atoms with Gasteiger partial charge in [0, 0.05) is 31.0 Å². The van der Waals surface area contributed by atoms with Crippen molar-refractivity contribution in [3.05, 3.63) is 30.1 Å². The Labute approximate surface area is 109 Å². The molecule has 2 bridgehead atoms. The first-order valence-electron chi connectivity index (χ1n) is 7.21. The van der Waals surface area contributed by atoms with Crippen molar-refractivity contribution in [1.29, 1.82) is 0 Å². The number of pyridine rings is 1. The summed E-state index contributed by atoms with van der Waals surface area (Å²) < 4.78 is 0. The molecule has 3 heterocycles. The number of nitrogens with zero attached hydrogens (tertiary/aromatic N) is 2. The van der Waals surface area contributed by atoms with Crippen LogP contribution < -0.4 is 5.73 Å². The zero-order chi connectivity index (χ0) is 12.4. The van der Waals surface area contributed by atoms with Crippen LogP contribution in [0, 0.1) is 5.92 Å². The molecule has 2 fully saturated rings. The van der Waals surface area contributed by atoms with E-state index in [9.17, 15) is 0 Å². The van der Waals surface area contributed by atoms with Gasteiger partial charge < -0.3 is 5.73 Å². The molecule has 2 aliphatic rings. The molecule has 0 aromatic carbocycles. The molecule has 0 spiro atoms. The minimum Gasteiger partial charge on any atom is -0.330 e. The zero-order valence-corrected chi connectivity index (χ0v) is 11.0. The smallest absolute Gasteiger partial charge is 0.0312 e. The molecule has 1 aromatic heterocycles. The maximum absolute atomic E-state index is 5.71. The minimum atomic E-state index is 0.792. The molecule has 0 amide bonds. The molecule has 0 radical (unpaired) electrons. The number of aromatic nitrogens is 1. The van der Waals surface area contributed by atoms with Gasteiger partial charge in [-0.05, 0) is 56.2 Å². The minimum absolute atomic E-state index is 0.792. The van der Waals surface area contributed by atoms with Crippen molar-refractivity contribution in [2.45, 2.75) is 50.7 Å². The summed E-state index contributed by atoms with van der Waals surface area (Å²) >= 11 is 0. The second kappa shape index (κ2) is 5.37. The molecule has 0 saturated carbocycles. The molecule has 1 aromatic rings. The summed E-state index contributed by atoms with van der Waals surface area (Å²) in [6, 6.07) is 5.82. The van der Waals surface area contributed by atoms with Crippen LogP contribution in [0.1, 0.15) is 37.7 Å². The van der Waals surface area contributed by atoms with Crippen LogP contribution in [0.15, 0.2) is 24.5 Å². The Morgan fingerprint density at radius 1 is 1.28 bits per heavy atom. The molecule has 2 aliphatic heterocycles. The van der Waals surface area contributed by atoms with Crippen molar-refractivity contribution in [2.24, 2.45) is 11.7 Å². The molecular weight excluding hydrogens is 222 g/mol. The van der Waals surface area contributed by atoms with E-state index in [0.717, 1.165) is 31.1 Å². The van der Waals surface area contributed by atoms with Gasteiger partial charge in [0.15, 0.2) is 0 Å². The fraction of sp³-hybridized carbons (Fsp3) is 0.667. The standard InChI is InChI=1S/C15H23N3/c16-6-5-12-8-14-3-4-15(9-12)18(14)11-13-2-1-7-17-10-13/h1-2,7,10,12,14-15H,3-6,8-9,11,16H2. The Morgan fingerprint density at radius 2 is 2.06 bits per heavy atom. The van der Waals surface area contributed by atoms with E-state index in [1.165, 1.54) is 37.7 Å². The second-order valence-electron chi connectivity index (χ2n) is 5.83. The molecule has 2 saturated heterocycles. The average Bonchev–Trinajstić information content (AvgIpc) is 2.63. The first kappa shape index (κ1) is 12.1. The lowest BCUT2D eigenvalue weighted by Gasteiger charge is -2.39. The summed E-state index contributed by atoms with van der Waals surface area (Å²) in [5, 5.41) is 0.